The molecule has 0 bridgehead atoms. The van der Waals surface area contributed by atoms with Crippen LogP contribution in [-0.4, -0.2) is 63.8 Å². The Kier molecular flexibility index (Phi) is 4.55. The van der Waals surface area contributed by atoms with Crippen molar-refractivity contribution in [2.75, 3.05) is 39.6 Å². The van der Waals surface area contributed by atoms with Crippen molar-refractivity contribution in [3.63, 3.8) is 0 Å². The molecule has 0 aliphatic rings. The molecule has 0 spiro atoms. The van der Waals surface area contributed by atoms with Crippen LogP contribution in [0.25, 0.3) is 28.1 Å². The Labute approximate surface area is 165 Å². The summed E-state index contributed by atoms with van der Waals surface area (Å²) in [6.07, 6.45) is 1.77. The van der Waals surface area contributed by atoms with Crippen molar-refractivity contribution in [3.8, 4) is 11.4 Å². The molecule has 146 valence electrons. The van der Waals surface area contributed by atoms with Crippen LogP contribution in [0.15, 0.2) is 30.6 Å². The van der Waals surface area contributed by atoms with E-state index in [0.29, 0.717) is 0 Å². The van der Waals surface area contributed by atoms with Crippen molar-refractivity contribution in [3.05, 3.63) is 41.9 Å². The number of hydrogen-bond acceptors (Lipinski definition) is 5. The SMILES string of the molecule is Cc1c(C)n(CCN(C)C)c2ncn3nc(-c4ccc(N(C)C)cc4)nc3c12. The van der Waals surface area contributed by atoms with Crippen LogP contribution in [0.1, 0.15) is 11.3 Å². The van der Waals surface area contributed by atoms with Crippen LogP contribution >= 0.6 is 0 Å². The quantitative estimate of drug-likeness (QED) is 0.535. The summed E-state index contributed by atoms with van der Waals surface area (Å²) in [5.74, 6) is 0.720. The molecule has 7 heteroatoms. The average Bonchev–Trinajstić information content (AvgIpc) is 3.20. The van der Waals surface area contributed by atoms with Gasteiger partial charge in [-0.05, 0) is 57.8 Å². The third-order valence-electron chi connectivity index (χ3n) is 5.36. The summed E-state index contributed by atoms with van der Waals surface area (Å²) in [6, 6.07) is 8.30. The lowest BCUT2D eigenvalue weighted by atomic mass is 10.2. The van der Waals surface area contributed by atoms with Gasteiger partial charge in [-0.25, -0.2) is 14.5 Å². The van der Waals surface area contributed by atoms with E-state index in [1.54, 1.807) is 10.8 Å². The van der Waals surface area contributed by atoms with Gasteiger partial charge in [0.05, 0.1) is 5.39 Å². The molecule has 4 aromatic rings. The van der Waals surface area contributed by atoms with Crippen LogP contribution in [0.4, 0.5) is 5.69 Å². The maximum Gasteiger partial charge on any atom is 0.182 e. The number of benzene rings is 1. The molecule has 0 aliphatic carbocycles. The van der Waals surface area contributed by atoms with E-state index >= 15 is 0 Å². The molecule has 0 amide bonds. The number of aryl methyl sites for hydroxylation is 1. The summed E-state index contributed by atoms with van der Waals surface area (Å²) in [6.45, 7) is 6.17. The lowest BCUT2D eigenvalue weighted by Gasteiger charge is -2.12. The molecule has 0 atom stereocenters. The third kappa shape index (κ3) is 3.01. The molecule has 0 aliphatic heterocycles. The molecule has 0 saturated heterocycles. The van der Waals surface area contributed by atoms with E-state index in [9.17, 15) is 0 Å². The highest BCUT2D eigenvalue weighted by atomic mass is 15.3. The lowest BCUT2D eigenvalue weighted by Crippen LogP contribution is -2.19. The van der Waals surface area contributed by atoms with Gasteiger partial charge in [0.2, 0.25) is 0 Å². The second kappa shape index (κ2) is 6.91. The van der Waals surface area contributed by atoms with E-state index in [1.807, 2.05) is 14.1 Å². The van der Waals surface area contributed by atoms with Gasteiger partial charge in [0.15, 0.2) is 11.5 Å². The fourth-order valence-corrected chi connectivity index (χ4v) is 3.53. The molecule has 0 unspecified atom stereocenters. The van der Waals surface area contributed by atoms with Crippen LogP contribution in [0, 0.1) is 13.8 Å². The van der Waals surface area contributed by atoms with Crippen molar-refractivity contribution < 1.29 is 0 Å². The lowest BCUT2D eigenvalue weighted by molar-refractivity contribution is 0.384. The average molecular weight is 377 g/mol. The van der Waals surface area contributed by atoms with Crippen molar-refractivity contribution >= 4 is 22.4 Å². The van der Waals surface area contributed by atoms with Gasteiger partial charge >= 0.3 is 0 Å². The van der Waals surface area contributed by atoms with Crippen LogP contribution in [0.5, 0.6) is 0 Å². The molecule has 7 nitrogen and oxygen atoms in total. The third-order valence-corrected chi connectivity index (χ3v) is 5.36. The normalized spacial score (nSPS) is 11.8. The number of hydrogen-bond donors (Lipinski definition) is 0. The molecular weight excluding hydrogens is 350 g/mol. The van der Waals surface area contributed by atoms with Crippen molar-refractivity contribution in [2.24, 2.45) is 0 Å². The Balaban J connectivity index is 1.83. The van der Waals surface area contributed by atoms with Crippen molar-refractivity contribution in [1.29, 1.82) is 0 Å². The Hall–Kier alpha value is -2.93. The van der Waals surface area contributed by atoms with Crippen LogP contribution < -0.4 is 4.90 Å². The number of rotatable bonds is 5. The first-order chi connectivity index (χ1) is 13.4. The van der Waals surface area contributed by atoms with E-state index < -0.39 is 0 Å². The summed E-state index contributed by atoms with van der Waals surface area (Å²) in [4.78, 5) is 13.8. The molecule has 0 radical (unpaired) electrons. The molecule has 0 saturated carbocycles. The fraction of sp³-hybridized carbons (Fsp3) is 0.381. The number of nitrogens with zero attached hydrogens (tertiary/aromatic N) is 7. The largest absolute Gasteiger partial charge is 0.378 e. The fourth-order valence-electron chi connectivity index (χ4n) is 3.53. The number of aromatic nitrogens is 5. The van der Waals surface area contributed by atoms with Crippen molar-refractivity contribution in [2.45, 2.75) is 20.4 Å². The van der Waals surface area contributed by atoms with E-state index in [2.05, 4.69) is 71.7 Å². The van der Waals surface area contributed by atoms with Gasteiger partial charge in [-0.2, -0.15) is 0 Å². The predicted molar refractivity (Wildman–Crippen MR) is 114 cm³/mol. The van der Waals surface area contributed by atoms with Gasteiger partial charge in [0, 0.05) is 44.1 Å². The molecule has 28 heavy (non-hydrogen) atoms. The summed E-state index contributed by atoms with van der Waals surface area (Å²) in [5, 5.41) is 5.76. The second-order valence-electron chi connectivity index (χ2n) is 7.75. The minimum atomic E-state index is 0.720. The van der Waals surface area contributed by atoms with Gasteiger partial charge in [-0.15, -0.1) is 5.10 Å². The topological polar surface area (TPSA) is 54.5 Å². The first-order valence-electron chi connectivity index (χ1n) is 9.50. The molecule has 0 fully saturated rings. The summed E-state index contributed by atoms with van der Waals surface area (Å²) in [5.41, 5.74) is 6.45. The maximum absolute atomic E-state index is 4.87. The Morgan fingerprint density at radius 2 is 1.68 bits per heavy atom. The summed E-state index contributed by atoms with van der Waals surface area (Å²) in [7, 11) is 8.25. The van der Waals surface area contributed by atoms with Gasteiger partial charge in [0.25, 0.3) is 0 Å². The molecule has 0 N–H and O–H groups in total. The van der Waals surface area contributed by atoms with Gasteiger partial charge in [-0.1, -0.05) is 0 Å². The zero-order chi connectivity index (χ0) is 20.0. The monoisotopic (exact) mass is 377 g/mol. The van der Waals surface area contributed by atoms with Gasteiger partial charge < -0.3 is 14.4 Å². The zero-order valence-electron chi connectivity index (χ0n) is 17.4. The Bertz CT molecular complexity index is 1130. The van der Waals surface area contributed by atoms with Crippen LogP contribution in [0.2, 0.25) is 0 Å². The molecule has 3 aromatic heterocycles. The van der Waals surface area contributed by atoms with E-state index in [1.165, 1.54) is 11.3 Å². The number of anilines is 1. The number of fused-ring (bicyclic) bond motifs is 3. The first-order valence-corrected chi connectivity index (χ1v) is 9.50. The molecule has 3 heterocycles. The first kappa shape index (κ1) is 18.4. The highest BCUT2D eigenvalue weighted by Gasteiger charge is 2.18. The Morgan fingerprint density at radius 3 is 2.32 bits per heavy atom. The van der Waals surface area contributed by atoms with Gasteiger partial charge in [-0.3, -0.25) is 0 Å². The minimum absolute atomic E-state index is 0.720. The highest BCUT2D eigenvalue weighted by molar-refractivity contribution is 5.94. The highest BCUT2D eigenvalue weighted by Crippen LogP contribution is 2.28. The molecular formula is C21H27N7. The Morgan fingerprint density at radius 1 is 0.964 bits per heavy atom. The van der Waals surface area contributed by atoms with E-state index in [0.717, 1.165) is 46.8 Å². The van der Waals surface area contributed by atoms with E-state index in [-0.39, 0.29) is 0 Å². The van der Waals surface area contributed by atoms with Crippen molar-refractivity contribution in [1.82, 2.24) is 29.0 Å². The van der Waals surface area contributed by atoms with Crippen LogP contribution in [0.3, 0.4) is 0 Å². The summed E-state index contributed by atoms with van der Waals surface area (Å²) >= 11 is 0. The maximum atomic E-state index is 4.87. The second-order valence-corrected chi connectivity index (χ2v) is 7.75. The predicted octanol–water partition coefficient (Wildman–Crippen LogP) is 2.99. The summed E-state index contributed by atoms with van der Waals surface area (Å²) < 4.78 is 4.07. The molecule has 1 aromatic carbocycles. The zero-order valence-corrected chi connectivity index (χ0v) is 17.4. The minimum Gasteiger partial charge on any atom is -0.378 e. The standard InChI is InChI=1S/C21H27N7/c1-14-15(2)27(12-11-25(3)4)20-18(14)21-23-19(24-28(21)13-22-20)16-7-9-17(10-8-16)26(5)6/h7-10,13H,11-12H2,1-6H3. The van der Waals surface area contributed by atoms with E-state index in [4.69, 9.17) is 9.97 Å². The van der Waals surface area contributed by atoms with Crippen LogP contribution in [-0.2, 0) is 6.54 Å². The van der Waals surface area contributed by atoms with Gasteiger partial charge in [0.1, 0.15) is 12.0 Å². The smallest absolute Gasteiger partial charge is 0.182 e. The molecule has 4 rings (SSSR count). The number of likely N-dealkylation sites (N-methyl/N-ethyl adjacent to an activating group) is 1.